The monoisotopic (exact) mass is 342 g/mol. The molecule has 1 heterocycles. The number of aromatic nitrogens is 1. The summed E-state index contributed by atoms with van der Waals surface area (Å²) < 4.78 is 11.3. The van der Waals surface area contributed by atoms with E-state index in [-0.39, 0.29) is 0 Å². The Labute approximate surface area is 149 Å². The van der Waals surface area contributed by atoms with Gasteiger partial charge >= 0.3 is 0 Å². The van der Waals surface area contributed by atoms with Crippen molar-refractivity contribution in [1.82, 2.24) is 15.6 Å². The Morgan fingerprint density at radius 1 is 1.32 bits per heavy atom. The van der Waals surface area contributed by atoms with Crippen LogP contribution in [0.3, 0.4) is 0 Å². The first kappa shape index (κ1) is 18.6. The van der Waals surface area contributed by atoms with Gasteiger partial charge in [-0.05, 0) is 26.8 Å². The minimum absolute atomic E-state index is 0.474. The second kappa shape index (κ2) is 9.52. The van der Waals surface area contributed by atoms with E-state index in [9.17, 15) is 0 Å². The molecule has 0 aliphatic heterocycles. The summed E-state index contributed by atoms with van der Waals surface area (Å²) in [5, 5.41) is 6.46. The van der Waals surface area contributed by atoms with E-state index in [2.05, 4.69) is 27.2 Å². The number of para-hydroxylation sites is 1. The molecule has 0 bridgehead atoms. The Hall–Kier alpha value is -2.76. The molecule has 0 spiro atoms. The maximum Gasteiger partial charge on any atom is 0.214 e. The molecule has 0 aliphatic rings. The zero-order chi connectivity index (χ0) is 18.1. The first-order chi connectivity index (χ1) is 12.1. The number of aryl methyl sites for hydroxylation is 2. The highest BCUT2D eigenvalue weighted by atomic mass is 16.5. The van der Waals surface area contributed by atoms with E-state index in [1.54, 1.807) is 6.08 Å². The summed E-state index contributed by atoms with van der Waals surface area (Å²) in [7, 11) is 0. The lowest BCUT2D eigenvalue weighted by Gasteiger charge is -2.11. The van der Waals surface area contributed by atoms with Crippen LogP contribution in [0.1, 0.15) is 29.8 Å². The van der Waals surface area contributed by atoms with Crippen molar-refractivity contribution in [1.29, 1.82) is 0 Å². The smallest absolute Gasteiger partial charge is 0.214 e. The van der Waals surface area contributed by atoms with Gasteiger partial charge in [-0.1, -0.05) is 30.9 Å². The predicted octanol–water partition coefficient (Wildman–Crippen LogP) is 3.11. The summed E-state index contributed by atoms with van der Waals surface area (Å²) in [5.41, 5.74) is 1.93. The molecule has 0 saturated carbocycles. The molecule has 0 atom stereocenters. The Morgan fingerprint density at radius 2 is 2.12 bits per heavy atom. The zero-order valence-corrected chi connectivity index (χ0v) is 15.1. The van der Waals surface area contributed by atoms with Gasteiger partial charge < -0.3 is 19.8 Å². The molecule has 134 valence electrons. The van der Waals surface area contributed by atoms with E-state index in [1.807, 2.05) is 45.0 Å². The van der Waals surface area contributed by atoms with Crippen LogP contribution in [0.15, 0.2) is 46.3 Å². The normalized spacial score (nSPS) is 11.2. The number of rotatable bonds is 8. The molecule has 0 unspecified atom stereocenters. The van der Waals surface area contributed by atoms with Gasteiger partial charge in [-0.15, -0.1) is 0 Å². The third-order valence-electron chi connectivity index (χ3n) is 3.56. The van der Waals surface area contributed by atoms with Gasteiger partial charge in [0.15, 0.2) is 5.96 Å². The van der Waals surface area contributed by atoms with Gasteiger partial charge in [0, 0.05) is 12.1 Å². The highest BCUT2D eigenvalue weighted by Gasteiger charge is 2.07. The fourth-order valence-corrected chi connectivity index (χ4v) is 2.20. The number of hydrogen-bond donors (Lipinski definition) is 2. The molecule has 6 heteroatoms. The molecule has 0 fully saturated rings. The third kappa shape index (κ3) is 5.67. The number of oxazole rings is 1. The van der Waals surface area contributed by atoms with Crippen molar-refractivity contribution in [2.45, 2.75) is 33.9 Å². The van der Waals surface area contributed by atoms with Crippen LogP contribution in [0.25, 0.3) is 0 Å². The molecular formula is C19H26N4O2. The lowest BCUT2D eigenvalue weighted by Crippen LogP contribution is -2.36. The predicted molar refractivity (Wildman–Crippen MR) is 99.8 cm³/mol. The van der Waals surface area contributed by atoms with Gasteiger partial charge in [-0.25, -0.2) is 9.98 Å². The van der Waals surface area contributed by atoms with E-state index in [1.165, 1.54) is 0 Å². The number of ether oxygens (including phenoxy) is 1. The van der Waals surface area contributed by atoms with Gasteiger partial charge in [-0.2, -0.15) is 0 Å². The largest absolute Gasteiger partial charge is 0.489 e. The Morgan fingerprint density at radius 3 is 2.80 bits per heavy atom. The molecule has 2 N–H and O–H groups in total. The lowest BCUT2D eigenvalue weighted by atomic mass is 10.2. The second-order valence-electron chi connectivity index (χ2n) is 5.51. The first-order valence-electron chi connectivity index (χ1n) is 8.40. The molecule has 6 nitrogen and oxygen atoms in total. The molecule has 1 aromatic carbocycles. The van der Waals surface area contributed by atoms with Gasteiger partial charge in [0.05, 0.1) is 18.8 Å². The van der Waals surface area contributed by atoms with Crippen LogP contribution in [-0.4, -0.2) is 24.1 Å². The molecule has 2 rings (SSSR count). The minimum Gasteiger partial charge on any atom is -0.489 e. The van der Waals surface area contributed by atoms with Crippen molar-refractivity contribution in [2.75, 3.05) is 13.2 Å². The Kier molecular flexibility index (Phi) is 7.07. The Bertz CT molecular complexity index is 702. The number of guanidine groups is 1. The fraction of sp³-hybridized carbons (Fsp3) is 0.368. The highest BCUT2D eigenvalue weighted by molar-refractivity contribution is 5.79. The Balaban J connectivity index is 2.02. The van der Waals surface area contributed by atoms with Crippen molar-refractivity contribution in [3.05, 3.63) is 59.8 Å². The number of nitrogens with zero attached hydrogens (tertiary/aromatic N) is 2. The van der Waals surface area contributed by atoms with Crippen LogP contribution in [-0.2, 0) is 13.1 Å². The van der Waals surface area contributed by atoms with E-state index in [0.29, 0.717) is 31.5 Å². The molecular weight excluding hydrogens is 316 g/mol. The third-order valence-corrected chi connectivity index (χ3v) is 3.56. The maximum atomic E-state index is 5.67. The van der Waals surface area contributed by atoms with E-state index in [4.69, 9.17) is 9.15 Å². The van der Waals surface area contributed by atoms with Crippen LogP contribution in [0, 0.1) is 13.8 Å². The summed E-state index contributed by atoms with van der Waals surface area (Å²) in [5.74, 6) is 3.01. The minimum atomic E-state index is 0.474. The lowest BCUT2D eigenvalue weighted by molar-refractivity contribution is 0.359. The van der Waals surface area contributed by atoms with E-state index < -0.39 is 0 Å². The number of benzene rings is 1. The van der Waals surface area contributed by atoms with Crippen LogP contribution in [0.5, 0.6) is 5.75 Å². The van der Waals surface area contributed by atoms with E-state index in [0.717, 1.165) is 29.3 Å². The van der Waals surface area contributed by atoms with Crippen LogP contribution >= 0.6 is 0 Å². The van der Waals surface area contributed by atoms with Crippen molar-refractivity contribution in [2.24, 2.45) is 4.99 Å². The van der Waals surface area contributed by atoms with Gasteiger partial charge in [0.2, 0.25) is 5.89 Å². The van der Waals surface area contributed by atoms with Crippen molar-refractivity contribution in [3.63, 3.8) is 0 Å². The number of aliphatic imine (C=N–C) groups is 1. The summed E-state index contributed by atoms with van der Waals surface area (Å²) in [6, 6.07) is 7.87. The fourth-order valence-electron chi connectivity index (χ4n) is 2.20. The van der Waals surface area contributed by atoms with Gasteiger partial charge in [0.25, 0.3) is 0 Å². The number of hydrogen-bond acceptors (Lipinski definition) is 4. The van der Waals surface area contributed by atoms with Crippen LogP contribution in [0.2, 0.25) is 0 Å². The van der Waals surface area contributed by atoms with Gasteiger partial charge in [0.1, 0.15) is 18.1 Å². The molecule has 1 aromatic heterocycles. The van der Waals surface area contributed by atoms with Gasteiger partial charge in [-0.3, -0.25) is 0 Å². The zero-order valence-electron chi connectivity index (χ0n) is 15.1. The molecule has 25 heavy (non-hydrogen) atoms. The standard InChI is InChI=1S/C19H26N4O2/c1-5-11-24-17-10-8-7-9-16(17)12-21-19(20-6-2)22-13-18-23-14(3)15(4)25-18/h5,7-10H,1,6,11-13H2,2-4H3,(H2,20,21,22). The second-order valence-corrected chi connectivity index (χ2v) is 5.51. The quantitative estimate of drug-likeness (QED) is 0.438. The number of nitrogens with one attached hydrogen (secondary N) is 2. The highest BCUT2D eigenvalue weighted by Crippen LogP contribution is 2.18. The molecule has 0 saturated heterocycles. The topological polar surface area (TPSA) is 71.7 Å². The first-order valence-corrected chi connectivity index (χ1v) is 8.40. The molecule has 0 radical (unpaired) electrons. The van der Waals surface area contributed by atoms with E-state index >= 15 is 0 Å². The summed E-state index contributed by atoms with van der Waals surface area (Å²) in [6.07, 6.45) is 1.73. The molecule has 0 amide bonds. The maximum absolute atomic E-state index is 5.67. The average Bonchev–Trinajstić information content (AvgIpc) is 2.94. The summed E-state index contributed by atoms with van der Waals surface area (Å²) in [4.78, 5) is 8.98. The summed E-state index contributed by atoms with van der Waals surface area (Å²) >= 11 is 0. The SMILES string of the molecule is C=CCOc1ccccc1CN=C(NCC)NCc1nc(C)c(C)o1. The van der Waals surface area contributed by atoms with Crippen molar-refractivity contribution >= 4 is 5.96 Å². The molecule has 2 aromatic rings. The van der Waals surface area contributed by atoms with Crippen molar-refractivity contribution < 1.29 is 9.15 Å². The van der Waals surface area contributed by atoms with Crippen molar-refractivity contribution in [3.8, 4) is 5.75 Å². The van der Waals surface area contributed by atoms with Crippen LogP contribution in [0.4, 0.5) is 0 Å². The van der Waals surface area contributed by atoms with Crippen LogP contribution < -0.4 is 15.4 Å². The summed E-state index contributed by atoms with van der Waals surface area (Å²) in [6.45, 7) is 11.8. The average molecular weight is 342 g/mol. The molecule has 0 aliphatic carbocycles.